The number of halogens is 1. The maximum Gasteiger partial charge on any atom is 0.225 e. The van der Waals surface area contributed by atoms with E-state index in [4.69, 9.17) is 10.7 Å². The molecule has 4 rings (SSSR count). The Labute approximate surface area is 148 Å². The number of hydrogen-bond donors (Lipinski definition) is 1. The topological polar surface area (TPSA) is 91.2 Å². The van der Waals surface area contributed by atoms with Gasteiger partial charge < -0.3 is 10.6 Å². The number of benzene rings is 1. The first-order chi connectivity index (χ1) is 12.1. The molecule has 6 nitrogen and oxygen atoms in total. The van der Waals surface area contributed by atoms with Gasteiger partial charge in [-0.3, -0.25) is 0 Å². The van der Waals surface area contributed by atoms with Crippen LogP contribution >= 0.6 is 11.8 Å². The molecule has 0 amide bonds. The number of thioether (sulfide) groups is 1. The number of nitrogens with two attached hydrogens (primary N) is 1. The predicted octanol–water partition coefficient (Wildman–Crippen LogP) is 1.88. The zero-order valence-electron chi connectivity index (χ0n) is 13.3. The van der Waals surface area contributed by atoms with Crippen LogP contribution in [0.15, 0.2) is 41.7 Å². The number of anilines is 1. The summed E-state index contributed by atoms with van der Waals surface area (Å²) in [5.74, 6) is 1.04. The van der Waals surface area contributed by atoms with Gasteiger partial charge in [0, 0.05) is 18.2 Å². The van der Waals surface area contributed by atoms with Crippen molar-refractivity contribution in [3.63, 3.8) is 0 Å². The SMILES string of the molecule is N#Cc1cccc(C23CN(c4ncc(F)cn4)C[C@H]2CSC(N)=N3)c1. The number of rotatable bonds is 2. The smallest absolute Gasteiger partial charge is 0.225 e. The second-order valence-electron chi connectivity index (χ2n) is 6.16. The monoisotopic (exact) mass is 354 g/mol. The third-order valence-corrected chi connectivity index (χ3v) is 5.63. The van der Waals surface area contributed by atoms with Gasteiger partial charge in [-0.15, -0.1) is 0 Å². The molecule has 1 saturated heterocycles. The summed E-state index contributed by atoms with van der Waals surface area (Å²) in [7, 11) is 0. The summed E-state index contributed by atoms with van der Waals surface area (Å²) >= 11 is 1.53. The molecule has 2 N–H and O–H groups in total. The molecule has 3 heterocycles. The van der Waals surface area contributed by atoms with Crippen molar-refractivity contribution < 1.29 is 4.39 Å². The van der Waals surface area contributed by atoms with Crippen molar-refractivity contribution in [1.82, 2.24) is 9.97 Å². The lowest BCUT2D eigenvalue weighted by Crippen LogP contribution is -2.40. The van der Waals surface area contributed by atoms with E-state index >= 15 is 0 Å². The Kier molecular flexibility index (Phi) is 3.81. The second kappa shape index (κ2) is 6.01. The summed E-state index contributed by atoms with van der Waals surface area (Å²) in [6.45, 7) is 1.24. The molecule has 2 atom stereocenters. The van der Waals surface area contributed by atoms with Gasteiger partial charge in [0.2, 0.25) is 5.95 Å². The quantitative estimate of drug-likeness (QED) is 0.885. The molecule has 1 fully saturated rings. The first-order valence-corrected chi connectivity index (χ1v) is 8.80. The molecule has 1 aromatic carbocycles. The molecule has 0 saturated carbocycles. The second-order valence-corrected chi connectivity index (χ2v) is 7.20. The first-order valence-electron chi connectivity index (χ1n) is 7.82. The van der Waals surface area contributed by atoms with Crippen molar-refractivity contribution in [2.75, 3.05) is 23.7 Å². The van der Waals surface area contributed by atoms with E-state index in [1.54, 1.807) is 6.07 Å². The number of aromatic nitrogens is 2. The van der Waals surface area contributed by atoms with Crippen LogP contribution in [0.5, 0.6) is 0 Å². The highest BCUT2D eigenvalue weighted by atomic mass is 32.2. The van der Waals surface area contributed by atoms with E-state index in [9.17, 15) is 9.65 Å². The van der Waals surface area contributed by atoms with Gasteiger partial charge in [0.1, 0.15) is 5.54 Å². The lowest BCUT2D eigenvalue weighted by molar-refractivity contribution is 0.387. The molecule has 2 aliphatic heterocycles. The third kappa shape index (κ3) is 2.70. The van der Waals surface area contributed by atoms with Gasteiger partial charge in [-0.1, -0.05) is 23.9 Å². The van der Waals surface area contributed by atoms with Crippen molar-refractivity contribution in [3.05, 3.63) is 53.6 Å². The Morgan fingerprint density at radius 2 is 2.16 bits per heavy atom. The van der Waals surface area contributed by atoms with Crippen LogP contribution in [0.2, 0.25) is 0 Å². The van der Waals surface area contributed by atoms with E-state index in [0.29, 0.717) is 29.8 Å². The number of nitriles is 1. The molecule has 2 aliphatic rings. The van der Waals surface area contributed by atoms with E-state index in [0.717, 1.165) is 11.3 Å². The summed E-state index contributed by atoms with van der Waals surface area (Å²) in [6.07, 6.45) is 2.33. The Morgan fingerprint density at radius 1 is 1.36 bits per heavy atom. The summed E-state index contributed by atoms with van der Waals surface area (Å²) < 4.78 is 13.1. The Hall–Kier alpha value is -2.66. The molecule has 0 bridgehead atoms. The number of nitrogens with zero attached hydrogens (tertiary/aromatic N) is 5. The van der Waals surface area contributed by atoms with E-state index in [1.165, 1.54) is 24.2 Å². The minimum Gasteiger partial charge on any atom is -0.379 e. The van der Waals surface area contributed by atoms with Crippen molar-refractivity contribution in [2.45, 2.75) is 5.54 Å². The Bertz CT molecular complexity index is 877. The fraction of sp³-hybridized carbons (Fsp3) is 0.294. The summed E-state index contributed by atoms with van der Waals surface area (Å²) in [5.41, 5.74) is 7.05. The van der Waals surface area contributed by atoms with E-state index in [-0.39, 0.29) is 5.92 Å². The largest absolute Gasteiger partial charge is 0.379 e. The van der Waals surface area contributed by atoms with Crippen LogP contribution in [0.3, 0.4) is 0 Å². The van der Waals surface area contributed by atoms with Gasteiger partial charge in [0.25, 0.3) is 0 Å². The fourth-order valence-corrected chi connectivity index (χ4v) is 4.48. The van der Waals surface area contributed by atoms with Crippen molar-refractivity contribution in [2.24, 2.45) is 16.6 Å². The minimum atomic E-state index is -0.542. The predicted molar refractivity (Wildman–Crippen MR) is 94.6 cm³/mol. The molecule has 0 spiro atoms. The summed E-state index contributed by atoms with van der Waals surface area (Å²) in [4.78, 5) is 15.0. The van der Waals surface area contributed by atoms with Crippen LogP contribution in [0.1, 0.15) is 11.1 Å². The van der Waals surface area contributed by atoms with Crippen LogP contribution in [0, 0.1) is 23.1 Å². The molecular formula is C17H15FN6S. The molecule has 1 unspecified atom stereocenters. The van der Waals surface area contributed by atoms with Crippen molar-refractivity contribution >= 4 is 22.9 Å². The highest BCUT2D eigenvalue weighted by Crippen LogP contribution is 2.46. The fourth-order valence-electron chi connectivity index (χ4n) is 3.50. The number of aliphatic imine (C=N–C) groups is 1. The maximum atomic E-state index is 13.1. The molecule has 126 valence electrons. The van der Waals surface area contributed by atoms with Gasteiger partial charge in [-0.05, 0) is 17.7 Å². The third-order valence-electron chi connectivity index (χ3n) is 4.67. The number of amidine groups is 1. The Balaban J connectivity index is 1.77. The first kappa shape index (κ1) is 15.8. The molecule has 2 aromatic rings. The zero-order chi connectivity index (χ0) is 17.4. The lowest BCUT2D eigenvalue weighted by atomic mass is 9.81. The van der Waals surface area contributed by atoms with Gasteiger partial charge >= 0.3 is 0 Å². The van der Waals surface area contributed by atoms with Gasteiger partial charge in [0.05, 0.1) is 30.6 Å². The van der Waals surface area contributed by atoms with Crippen LogP contribution < -0.4 is 10.6 Å². The van der Waals surface area contributed by atoms with Gasteiger partial charge in [0.15, 0.2) is 11.0 Å². The van der Waals surface area contributed by atoms with Crippen LogP contribution in [0.25, 0.3) is 0 Å². The molecule has 0 radical (unpaired) electrons. The average Bonchev–Trinajstić information content (AvgIpc) is 3.02. The minimum absolute atomic E-state index is 0.201. The molecule has 0 aliphatic carbocycles. The van der Waals surface area contributed by atoms with E-state index < -0.39 is 11.4 Å². The maximum absolute atomic E-state index is 13.1. The highest BCUT2D eigenvalue weighted by Gasteiger charge is 2.50. The lowest BCUT2D eigenvalue weighted by Gasteiger charge is -2.34. The molecule has 25 heavy (non-hydrogen) atoms. The number of hydrogen-bond acceptors (Lipinski definition) is 7. The zero-order valence-corrected chi connectivity index (χ0v) is 14.1. The molecule has 1 aromatic heterocycles. The van der Waals surface area contributed by atoms with Crippen LogP contribution in [0.4, 0.5) is 10.3 Å². The number of fused-ring (bicyclic) bond motifs is 1. The molecular weight excluding hydrogens is 339 g/mol. The standard InChI is InChI=1S/C17H15FN6S/c18-14-6-21-16(22-7-14)24-8-13-9-25-15(20)23-17(13,10-24)12-3-1-2-11(4-12)5-19/h1-4,6-7,13H,8-10H2,(H2,20,23)/t13-,17?/m0/s1. The van der Waals surface area contributed by atoms with Crippen LogP contribution in [-0.4, -0.2) is 34.0 Å². The van der Waals surface area contributed by atoms with E-state index in [2.05, 4.69) is 16.0 Å². The van der Waals surface area contributed by atoms with Crippen molar-refractivity contribution in [1.29, 1.82) is 5.26 Å². The van der Waals surface area contributed by atoms with E-state index in [1.807, 2.05) is 23.1 Å². The summed E-state index contributed by atoms with van der Waals surface area (Å²) in [5, 5.41) is 9.77. The average molecular weight is 354 g/mol. The van der Waals surface area contributed by atoms with Gasteiger partial charge in [-0.2, -0.15) is 5.26 Å². The van der Waals surface area contributed by atoms with Crippen LogP contribution in [-0.2, 0) is 5.54 Å². The van der Waals surface area contributed by atoms with Crippen molar-refractivity contribution in [3.8, 4) is 6.07 Å². The summed E-state index contributed by atoms with van der Waals surface area (Å²) in [6, 6.07) is 9.67. The molecule has 8 heteroatoms. The highest BCUT2D eigenvalue weighted by molar-refractivity contribution is 8.13. The normalized spacial score (nSPS) is 25.2. The Morgan fingerprint density at radius 3 is 2.92 bits per heavy atom. The van der Waals surface area contributed by atoms with Gasteiger partial charge in [-0.25, -0.2) is 19.4 Å².